The fraction of sp³-hybridized carbons (Fsp3) is 0.409. The predicted molar refractivity (Wildman–Crippen MR) is 113 cm³/mol. The summed E-state index contributed by atoms with van der Waals surface area (Å²) < 4.78 is 28.1. The maximum absolute atomic E-state index is 12.7. The molecule has 1 aliphatic rings. The van der Waals surface area contributed by atoms with E-state index in [1.807, 2.05) is 45.0 Å². The van der Waals surface area contributed by atoms with Crippen molar-refractivity contribution in [2.45, 2.75) is 51.9 Å². The van der Waals surface area contributed by atoms with Gasteiger partial charge in [0.2, 0.25) is 5.91 Å². The number of amides is 1. The number of hydrogen-bond donors (Lipinski definition) is 1. The van der Waals surface area contributed by atoms with Crippen LogP contribution in [-0.2, 0) is 21.2 Å². The smallest absolute Gasteiger partial charge is 0.261 e. The van der Waals surface area contributed by atoms with Crippen LogP contribution in [0.2, 0.25) is 0 Å². The van der Waals surface area contributed by atoms with E-state index in [1.54, 1.807) is 23.1 Å². The minimum atomic E-state index is -3.66. The molecule has 6 heteroatoms. The van der Waals surface area contributed by atoms with Crippen molar-refractivity contribution in [3.8, 4) is 0 Å². The summed E-state index contributed by atoms with van der Waals surface area (Å²) in [6, 6.07) is 12.3. The average Bonchev–Trinajstić information content (AvgIpc) is 3.03. The van der Waals surface area contributed by atoms with E-state index in [1.165, 1.54) is 0 Å². The van der Waals surface area contributed by atoms with Crippen LogP contribution >= 0.6 is 0 Å². The standard InChI is InChI=1S/C22H28N2O3S/c1-15(2)16-6-9-19(10-7-16)28(26,27)23-18-8-11-20-17(14-18)12-13-24(20)21(25)22(3,4)5/h6-11,14-15,23H,12-13H2,1-5H3. The summed E-state index contributed by atoms with van der Waals surface area (Å²) in [5, 5.41) is 0. The van der Waals surface area contributed by atoms with Crippen LogP contribution in [0.3, 0.4) is 0 Å². The number of carbonyl (C=O) groups excluding carboxylic acids is 1. The van der Waals surface area contributed by atoms with Gasteiger partial charge in [-0.15, -0.1) is 0 Å². The Balaban J connectivity index is 1.82. The number of nitrogens with one attached hydrogen (secondary N) is 1. The molecular weight excluding hydrogens is 372 g/mol. The van der Waals surface area contributed by atoms with Crippen LogP contribution in [0.1, 0.15) is 51.7 Å². The third kappa shape index (κ3) is 4.07. The molecule has 3 rings (SSSR count). The normalized spacial score (nSPS) is 14.3. The Morgan fingerprint density at radius 2 is 1.71 bits per heavy atom. The lowest BCUT2D eigenvalue weighted by atomic mass is 9.94. The van der Waals surface area contributed by atoms with Gasteiger partial charge < -0.3 is 4.90 Å². The average molecular weight is 401 g/mol. The molecule has 1 aliphatic heterocycles. The van der Waals surface area contributed by atoms with Gasteiger partial charge in [-0.1, -0.05) is 46.8 Å². The molecule has 0 saturated carbocycles. The second-order valence-electron chi connectivity index (χ2n) is 8.63. The molecule has 150 valence electrons. The Morgan fingerprint density at radius 3 is 2.29 bits per heavy atom. The van der Waals surface area contributed by atoms with Crippen molar-refractivity contribution in [2.75, 3.05) is 16.2 Å². The highest BCUT2D eigenvalue weighted by molar-refractivity contribution is 7.92. The number of rotatable bonds is 4. The zero-order valence-corrected chi connectivity index (χ0v) is 17.9. The fourth-order valence-electron chi connectivity index (χ4n) is 3.33. The predicted octanol–water partition coefficient (Wildman–Crippen LogP) is 4.55. The van der Waals surface area contributed by atoms with Crippen LogP contribution in [0.4, 0.5) is 11.4 Å². The lowest BCUT2D eigenvalue weighted by molar-refractivity contribution is -0.125. The van der Waals surface area contributed by atoms with Crippen LogP contribution in [0.25, 0.3) is 0 Å². The van der Waals surface area contributed by atoms with Gasteiger partial charge in [-0.25, -0.2) is 8.42 Å². The molecule has 0 spiro atoms. The van der Waals surface area contributed by atoms with Gasteiger partial charge in [0.1, 0.15) is 0 Å². The number of hydrogen-bond acceptors (Lipinski definition) is 3. The van der Waals surface area contributed by atoms with E-state index in [0.29, 0.717) is 18.2 Å². The molecule has 0 saturated heterocycles. The van der Waals surface area contributed by atoms with Crippen molar-refractivity contribution >= 4 is 27.3 Å². The summed E-state index contributed by atoms with van der Waals surface area (Å²) in [6.07, 6.45) is 0.718. The van der Waals surface area contributed by atoms with Gasteiger partial charge in [0, 0.05) is 23.3 Å². The number of fused-ring (bicyclic) bond motifs is 1. The lowest BCUT2D eigenvalue weighted by Crippen LogP contribution is -2.38. The highest BCUT2D eigenvalue weighted by atomic mass is 32.2. The van der Waals surface area contributed by atoms with Gasteiger partial charge in [-0.05, 0) is 53.8 Å². The molecule has 0 aromatic heterocycles. The first-order valence-corrected chi connectivity index (χ1v) is 11.0. The maximum Gasteiger partial charge on any atom is 0.261 e. The maximum atomic E-state index is 12.7. The van der Waals surface area contributed by atoms with Crippen LogP contribution < -0.4 is 9.62 Å². The molecule has 0 fully saturated rings. The highest BCUT2D eigenvalue weighted by Crippen LogP contribution is 2.34. The molecule has 1 heterocycles. The van der Waals surface area contributed by atoms with Crippen molar-refractivity contribution in [3.63, 3.8) is 0 Å². The number of benzene rings is 2. The van der Waals surface area contributed by atoms with E-state index in [-0.39, 0.29) is 10.8 Å². The molecule has 0 aliphatic carbocycles. The molecule has 1 amide bonds. The van der Waals surface area contributed by atoms with Crippen LogP contribution in [-0.4, -0.2) is 20.9 Å². The number of sulfonamides is 1. The summed E-state index contributed by atoms with van der Waals surface area (Å²) in [4.78, 5) is 14.6. The first-order valence-electron chi connectivity index (χ1n) is 9.57. The van der Waals surface area contributed by atoms with E-state index >= 15 is 0 Å². The van der Waals surface area contributed by atoms with Crippen molar-refractivity contribution < 1.29 is 13.2 Å². The second kappa shape index (κ2) is 7.24. The Morgan fingerprint density at radius 1 is 1.07 bits per heavy atom. The fourth-order valence-corrected chi connectivity index (χ4v) is 4.38. The number of anilines is 2. The minimum Gasteiger partial charge on any atom is -0.311 e. The lowest BCUT2D eigenvalue weighted by Gasteiger charge is -2.26. The molecule has 2 aromatic rings. The third-order valence-corrected chi connectivity index (χ3v) is 6.37. The van der Waals surface area contributed by atoms with Crippen molar-refractivity contribution in [2.24, 2.45) is 5.41 Å². The van der Waals surface area contributed by atoms with Gasteiger partial charge >= 0.3 is 0 Å². The summed E-state index contributed by atoms with van der Waals surface area (Å²) >= 11 is 0. The highest BCUT2D eigenvalue weighted by Gasteiger charge is 2.32. The zero-order chi connectivity index (χ0) is 20.7. The topological polar surface area (TPSA) is 66.5 Å². The second-order valence-corrected chi connectivity index (χ2v) is 10.3. The van der Waals surface area contributed by atoms with Gasteiger partial charge in [0.05, 0.1) is 4.90 Å². The molecule has 28 heavy (non-hydrogen) atoms. The van der Waals surface area contributed by atoms with Crippen molar-refractivity contribution in [1.29, 1.82) is 0 Å². The monoisotopic (exact) mass is 400 g/mol. The first-order chi connectivity index (χ1) is 13.0. The SMILES string of the molecule is CC(C)c1ccc(S(=O)(=O)Nc2ccc3c(c2)CCN3C(=O)C(C)(C)C)cc1. The van der Waals surface area contributed by atoms with Gasteiger partial charge in [-0.3, -0.25) is 9.52 Å². The largest absolute Gasteiger partial charge is 0.311 e. The van der Waals surface area contributed by atoms with E-state index < -0.39 is 15.4 Å². The van der Waals surface area contributed by atoms with E-state index in [4.69, 9.17) is 0 Å². The molecule has 0 radical (unpaired) electrons. The van der Waals surface area contributed by atoms with Gasteiger partial charge in [0.25, 0.3) is 10.0 Å². The van der Waals surface area contributed by atoms with Crippen LogP contribution in [0.5, 0.6) is 0 Å². The molecule has 2 aromatic carbocycles. The summed E-state index contributed by atoms with van der Waals surface area (Å²) in [5.74, 6) is 0.421. The van der Waals surface area contributed by atoms with Gasteiger partial charge in [0.15, 0.2) is 0 Å². The Hall–Kier alpha value is -2.34. The third-order valence-electron chi connectivity index (χ3n) is 4.97. The summed E-state index contributed by atoms with van der Waals surface area (Å²) in [6.45, 7) is 10.5. The summed E-state index contributed by atoms with van der Waals surface area (Å²) in [7, 11) is -3.66. The molecule has 0 unspecified atom stereocenters. The van der Waals surface area contributed by atoms with Crippen LogP contribution in [0.15, 0.2) is 47.4 Å². The quantitative estimate of drug-likeness (QED) is 0.819. The minimum absolute atomic E-state index is 0.0739. The Bertz CT molecular complexity index is 987. The molecule has 5 nitrogen and oxygen atoms in total. The summed E-state index contributed by atoms with van der Waals surface area (Å²) in [5.41, 5.74) is 3.00. The van der Waals surface area contributed by atoms with E-state index in [9.17, 15) is 13.2 Å². The van der Waals surface area contributed by atoms with Crippen molar-refractivity contribution in [3.05, 3.63) is 53.6 Å². The molecule has 1 N–H and O–H groups in total. The molecule has 0 atom stereocenters. The van der Waals surface area contributed by atoms with E-state index in [2.05, 4.69) is 18.6 Å². The Labute approximate surface area is 167 Å². The van der Waals surface area contributed by atoms with Gasteiger partial charge in [-0.2, -0.15) is 0 Å². The first kappa shape index (κ1) is 20.4. The van der Waals surface area contributed by atoms with Crippen LogP contribution in [0, 0.1) is 5.41 Å². The Kier molecular flexibility index (Phi) is 5.28. The molecule has 0 bridgehead atoms. The number of nitrogens with zero attached hydrogens (tertiary/aromatic N) is 1. The number of carbonyl (C=O) groups is 1. The van der Waals surface area contributed by atoms with E-state index in [0.717, 1.165) is 23.2 Å². The molecular formula is C22H28N2O3S. The zero-order valence-electron chi connectivity index (χ0n) is 17.1. The van der Waals surface area contributed by atoms with Crippen molar-refractivity contribution in [1.82, 2.24) is 0 Å².